The Hall–Kier alpha value is -2.45. The van der Waals surface area contributed by atoms with Gasteiger partial charge in [-0.3, -0.25) is 24.4 Å². The van der Waals surface area contributed by atoms with Gasteiger partial charge in [-0.05, 0) is 20.3 Å². The Bertz CT molecular complexity index is 580. The van der Waals surface area contributed by atoms with E-state index in [1.807, 2.05) is 0 Å². The smallest absolute Gasteiger partial charge is 0.323 e. The number of aromatic nitrogens is 2. The van der Waals surface area contributed by atoms with Gasteiger partial charge in [0.05, 0.1) is 4.92 Å². The Kier molecular flexibility index (Phi) is 5.01. The van der Waals surface area contributed by atoms with E-state index in [0.717, 1.165) is 9.58 Å². The van der Waals surface area contributed by atoms with E-state index in [9.17, 15) is 19.7 Å². The number of carbonyl (C=O) groups is 2. The van der Waals surface area contributed by atoms with E-state index >= 15 is 0 Å². The highest BCUT2D eigenvalue weighted by atomic mass is 16.6. The molecule has 1 N–H and O–H groups in total. The van der Waals surface area contributed by atoms with Crippen molar-refractivity contribution in [2.75, 3.05) is 6.54 Å². The predicted octanol–water partition coefficient (Wildman–Crippen LogP) is 0.962. The van der Waals surface area contributed by atoms with Gasteiger partial charge in [0, 0.05) is 13.1 Å². The van der Waals surface area contributed by atoms with Crippen molar-refractivity contribution in [3.05, 3.63) is 21.5 Å². The van der Waals surface area contributed by atoms with Crippen LogP contribution in [0.2, 0.25) is 0 Å². The molecule has 1 atom stereocenters. The van der Waals surface area contributed by atoms with Crippen molar-refractivity contribution in [2.24, 2.45) is 7.05 Å². The van der Waals surface area contributed by atoms with Crippen LogP contribution < -0.4 is 0 Å². The molecule has 0 aliphatic heterocycles. The maximum Gasteiger partial charge on any atom is 0.323 e. The molecule has 0 aliphatic rings. The first-order chi connectivity index (χ1) is 9.70. The van der Waals surface area contributed by atoms with E-state index in [1.54, 1.807) is 13.8 Å². The van der Waals surface area contributed by atoms with Crippen molar-refractivity contribution in [2.45, 2.75) is 33.2 Å². The zero-order valence-corrected chi connectivity index (χ0v) is 12.4. The molecular weight excluding hydrogens is 280 g/mol. The second-order valence-corrected chi connectivity index (χ2v) is 4.75. The summed E-state index contributed by atoms with van der Waals surface area (Å²) < 4.78 is 1.12. The summed E-state index contributed by atoms with van der Waals surface area (Å²) in [5, 5.41) is 23.9. The van der Waals surface area contributed by atoms with Crippen LogP contribution in [0.25, 0.3) is 0 Å². The van der Waals surface area contributed by atoms with Crippen molar-refractivity contribution in [3.8, 4) is 0 Å². The molecule has 1 aromatic rings. The van der Waals surface area contributed by atoms with E-state index < -0.39 is 23.3 Å². The van der Waals surface area contributed by atoms with E-state index in [2.05, 4.69) is 5.10 Å². The number of amides is 1. The van der Waals surface area contributed by atoms with Crippen molar-refractivity contribution in [1.82, 2.24) is 14.7 Å². The molecule has 21 heavy (non-hydrogen) atoms. The molecule has 1 unspecified atom stereocenters. The molecule has 1 heterocycles. The molecule has 0 fully saturated rings. The largest absolute Gasteiger partial charge is 0.480 e. The first-order valence-electron chi connectivity index (χ1n) is 6.41. The second kappa shape index (κ2) is 6.33. The van der Waals surface area contributed by atoms with Gasteiger partial charge in [-0.25, -0.2) is 0 Å². The van der Waals surface area contributed by atoms with Gasteiger partial charge in [-0.1, -0.05) is 6.92 Å². The molecule has 1 amide bonds. The highest BCUT2D eigenvalue weighted by Gasteiger charge is 2.34. The van der Waals surface area contributed by atoms with Gasteiger partial charge in [-0.2, -0.15) is 5.10 Å². The van der Waals surface area contributed by atoms with E-state index in [0.29, 0.717) is 6.42 Å². The number of nitro groups is 1. The molecule has 0 spiro atoms. The highest BCUT2D eigenvalue weighted by molar-refractivity contribution is 5.98. The number of aryl methyl sites for hydroxylation is 2. The van der Waals surface area contributed by atoms with Gasteiger partial charge < -0.3 is 10.0 Å². The lowest BCUT2D eigenvalue weighted by molar-refractivity contribution is -0.385. The summed E-state index contributed by atoms with van der Waals surface area (Å²) in [6.45, 7) is 4.40. The Morgan fingerprint density at radius 1 is 1.52 bits per heavy atom. The number of carboxylic acids is 1. The highest BCUT2D eigenvalue weighted by Crippen LogP contribution is 2.24. The van der Waals surface area contributed by atoms with Gasteiger partial charge in [0.2, 0.25) is 5.69 Å². The average molecular weight is 298 g/mol. The summed E-state index contributed by atoms with van der Waals surface area (Å²) in [6, 6.07) is -0.358. The fourth-order valence-corrected chi connectivity index (χ4v) is 2.04. The molecule has 0 saturated heterocycles. The maximum absolute atomic E-state index is 12.5. The van der Waals surface area contributed by atoms with Crippen LogP contribution in [0, 0.1) is 17.0 Å². The predicted molar refractivity (Wildman–Crippen MR) is 73.0 cm³/mol. The van der Waals surface area contributed by atoms with Crippen LogP contribution in [0.1, 0.15) is 36.5 Å². The zero-order chi connectivity index (χ0) is 16.3. The van der Waals surface area contributed by atoms with Gasteiger partial charge in [0.1, 0.15) is 12.2 Å². The van der Waals surface area contributed by atoms with Crippen LogP contribution in [-0.4, -0.2) is 49.2 Å². The fourth-order valence-electron chi connectivity index (χ4n) is 2.04. The summed E-state index contributed by atoms with van der Waals surface area (Å²) in [5.74, 6) is -1.88. The van der Waals surface area contributed by atoms with Crippen LogP contribution in [0.5, 0.6) is 0 Å². The maximum atomic E-state index is 12.5. The topological polar surface area (TPSA) is 119 Å². The number of carboxylic acid groups (broad SMARTS) is 1. The van der Waals surface area contributed by atoms with Crippen LogP contribution in [0.4, 0.5) is 5.69 Å². The molecular formula is C12H18N4O5. The number of aliphatic carboxylic acids is 1. The molecule has 0 aromatic carbocycles. The number of hydrogen-bond donors (Lipinski definition) is 1. The lowest BCUT2D eigenvalue weighted by Crippen LogP contribution is -2.42. The van der Waals surface area contributed by atoms with Crippen molar-refractivity contribution in [1.29, 1.82) is 0 Å². The van der Waals surface area contributed by atoms with E-state index in [-0.39, 0.29) is 23.1 Å². The molecule has 1 aromatic heterocycles. The third-order valence-electron chi connectivity index (χ3n) is 3.27. The normalized spacial score (nSPS) is 12.0. The van der Waals surface area contributed by atoms with Crippen molar-refractivity contribution in [3.63, 3.8) is 0 Å². The minimum atomic E-state index is -1.18. The van der Waals surface area contributed by atoms with Crippen LogP contribution in [-0.2, 0) is 11.8 Å². The first kappa shape index (κ1) is 16.6. The minimum absolute atomic E-state index is 0.116. The zero-order valence-electron chi connectivity index (χ0n) is 12.4. The lowest BCUT2D eigenvalue weighted by atomic mass is 10.2. The molecule has 0 saturated carbocycles. The molecule has 0 bridgehead atoms. The third kappa shape index (κ3) is 3.36. The summed E-state index contributed by atoms with van der Waals surface area (Å²) in [7, 11) is 1.42. The Morgan fingerprint density at radius 2 is 2.10 bits per heavy atom. The van der Waals surface area contributed by atoms with Crippen LogP contribution in [0.15, 0.2) is 0 Å². The molecule has 0 aliphatic carbocycles. The lowest BCUT2D eigenvalue weighted by Gasteiger charge is -2.26. The van der Waals surface area contributed by atoms with Crippen LogP contribution in [0.3, 0.4) is 0 Å². The Labute approximate surface area is 121 Å². The van der Waals surface area contributed by atoms with Gasteiger partial charge >= 0.3 is 11.7 Å². The fraction of sp³-hybridized carbons (Fsp3) is 0.583. The Balaban J connectivity index is 3.33. The van der Waals surface area contributed by atoms with E-state index in [4.69, 9.17) is 5.11 Å². The van der Waals surface area contributed by atoms with E-state index in [1.165, 1.54) is 14.0 Å². The minimum Gasteiger partial charge on any atom is -0.480 e. The summed E-state index contributed by atoms with van der Waals surface area (Å²) in [5.41, 5.74) is -0.481. The number of nitrogens with zero attached hydrogens (tertiary/aromatic N) is 4. The van der Waals surface area contributed by atoms with Crippen molar-refractivity contribution >= 4 is 17.6 Å². The standard InChI is InChI=1S/C12H18N4O5/c1-5-7(2)15(6-9(17)18)12(19)11-10(16(20)21)8(3)13-14(11)4/h7H,5-6H2,1-4H3,(H,17,18). The first-order valence-corrected chi connectivity index (χ1v) is 6.41. The molecule has 9 heteroatoms. The number of rotatable bonds is 6. The Morgan fingerprint density at radius 3 is 2.52 bits per heavy atom. The van der Waals surface area contributed by atoms with Crippen molar-refractivity contribution < 1.29 is 19.6 Å². The average Bonchev–Trinajstić information content (AvgIpc) is 2.68. The summed E-state index contributed by atoms with van der Waals surface area (Å²) >= 11 is 0. The SMILES string of the molecule is CCC(C)N(CC(=O)O)C(=O)c1c([N+](=O)[O-])c(C)nn1C. The number of hydrogen-bond acceptors (Lipinski definition) is 5. The van der Waals surface area contributed by atoms with Gasteiger partial charge in [0.25, 0.3) is 5.91 Å². The quantitative estimate of drug-likeness (QED) is 0.617. The second-order valence-electron chi connectivity index (χ2n) is 4.75. The number of carbonyl (C=O) groups excluding carboxylic acids is 1. The summed E-state index contributed by atoms with van der Waals surface area (Å²) in [6.07, 6.45) is 0.531. The molecule has 1 rings (SSSR count). The monoisotopic (exact) mass is 298 g/mol. The van der Waals surface area contributed by atoms with Gasteiger partial charge in [-0.15, -0.1) is 0 Å². The summed E-state index contributed by atoms with van der Waals surface area (Å²) in [4.78, 5) is 35.0. The van der Waals surface area contributed by atoms with Gasteiger partial charge in [0.15, 0.2) is 0 Å². The van der Waals surface area contributed by atoms with Crippen LogP contribution >= 0.6 is 0 Å². The molecule has 116 valence electrons. The third-order valence-corrected chi connectivity index (χ3v) is 3.27. The molecule has 0 radical (unpaired) electrons. The molecule has 9 nitrogen and oxygen atoms in total.